The van der Waals surface area contributed by atoms with Crippen LogP contribution < -0.4 is 30.9 Å². The number of hydrogen-bond acceptors (Lipinski definition) is 28. The first kappa shape index (κ1) is 72.8. The lowest BCUT2D eigenvalue weighted by Gasteiger charge is -2.51. The van der Waals surface area contributed by atoms with E-state index in [1.165, 1.54) is 103 Å². The van der Waals surface area contributed by atoms with Crippen LogP contribution in [0.4, 0.5) is 10.5 Å². The molecule has 0 aromatic heterocycles. The maximum Gasteiger partial charge on any atom is 0.411 e. The van der Waals surface area contributed by atoms with E-state index < -0.39 is 133 Å². The van der Waals surface area contributed by atoms with Crippen molar-refractivity contribution in [2.45, 2.75) is 182 Å². The zero-order chi connectivity index (χ0) is 65.8. The molecule has 0 spiro atoms. The number of hydrogen-bond donors (Lipinski definition) is 8. The van der Waals surface area contributed by atoms with Crippen molar-refractivity contribution in [3.05, 3.63) is 65.1 Å². The minimum atomic E-state index is -2.67. The molecular weight excluding hydrogens is 1260 g/mol. The maximum absolute atomic E-state index is 15.7. The lowest BCUT2D eigenvalue weighted by atomic mass is 9.73. The highest BCUT2D eigenvalue weighted by molar-refractivity contribution is 9.09. The van der Waals surface area contributed by atoms with Gasteiger partial charge in [0.15, 0.2) is 53.6 Å². The number of amides is 2. The van der Waals surface area contributed by atoms with Crippen molar-refractivity contribution in [2.24, 2.45) is 0 Å². The monoisotopic (exact) mass is 1340 g/mol. The van der Waals surface area contributed by atoms with Gasteiger partial charge in [-0.25, -0.2) is 9.59 Å². The van der Waals surface area contributed by atoms with Crippen molar-refractivity contribution in [3.8, 4) is 35.2 Å². The van der Waals surface area contributed by atoms with Gasteiger partial charge in [-0.15, -0.1) is 0 Å². The Morgan fingerprint density at radius 3 is 2.23 bits per heavy atom. The molecule has 0 saturated carbocycles. The third kappa shape index (κ3) is 17.2. The molecule has 4 heterocycles. The molecule has 6 aliphatic rings. The number of ether oxygens (including phenoxy) is 13. The van der Waals surface area contributed by atoms with Crippen molar-refractivity contribution < 1.29 is 106 Å². The first-order valence-electron chi connectivity index (χ1n) is 28.8. The van der Waals surface area contributed by atoms with E-state index in [0.717, 1.165) is 7.11 Å². The Morgan fingerprint density at radius 2 is 1.58 bits per heavy atom. The molecule has 7 rings (SSSR count). The van der Waals surface area contributed by atoms with Crippen molar-refractivity contribution in [1.82, 2.24) is 16.1 Å². The number of fused-ring (bicyclic) bond motifs is 2. The van der Waals surface area contributed by atoms with Gasteiger partial charge in [-0.1, -0.05) is 71.8 Å². The minimum absolute atomic E-state index is 0.0808. The molecule has 8 N–H and O–H groups in total. The Labute approximate surface area is 539 Å². The van der Waals surface area contributed by atoms with Crippen molar-refractivity contribution in [2.75, 3.05) is 65.7 Å². The maximum atomic E-state index is 15.7. The van der Waals surface area contributed by atoms with Gasteiger partial charge < -0.3 is 92.6 Å². The number of benzene rings is 1. The van der Waals surface area contributed by atoms with Crippen molar-refractivity contribution in [1.29, 1.82) is 0 Å². The van der Waals surface area contributed by atoms with Crippen LogP contribution in [0.25, 0.3) is 0 Å². The number of Topliss-reactive ketones (excluding diaryl/α,β-unsaturated/α-hetero) is 1. The summed E-state index contributed by atoms with van der Waals surface area (Å²) in [4.78, 5) is 62.7. The smallest absolute Gasteiger partial charge is 0.411 e. The van der Waals surface area contributed by atoms with Gasteiger partial charge in [-0.3, -0.25) is 19.7 Å². The first-order valence-corrected chi connectivity index (χ1v) is 34.2. The van der Waals surface area contributed by atoms with E-state index >= 15 is 4.79 Å². The molecule has 4 fully saturated rings. The van der Waals surface area contributed by atoms with Crippen LogP contribution in [0, 0.1) is 23.7 Å². The zero-order valence-electron chi connectivity index (χ0n) is 52.3. The van der Waals surface area contributed by atoms with E-state index in [2.05, 4.69) is 51.7 Å². The Balaban J connectivity index is 1.29. The average molecular weight is 1340 g/mol. The Morgan fingerprint density at radius 1 is 0.878 bits per heavy atom. The molecule has 2 bridgehead atoms. The van der Waals surface area contributed by atoms with Crippen LogP contribution in [-0.4, -0.2) is 225 Å². The van der Waals surface area contributed by atoms with Gasteiger partial charge in [-0.2, -0.15) is 17.2 Å². The van der Waals surface area contributed by atoms with Crippen molar-refractivity contribution >= 4 is 72.6 Å². The Hall–Kier alpha value is -4.62. The van der Waals surface area contributed by atoms with Crippen molar-refractivity contribution in [3.63, 3.8) is 0 Å². The lowest BCUT2D eigenvalue weighted by Crippen LogP contribution is -2.69. The number of thioether (sulfide) groups is 1. The van der Waals surface area contributed by atoms with Gasteiger partial charge in [0.05, 0.1) is 99.8 Å². The van der Waals surface area contributed by atoms with E-state index in [1.807, 2.05) is 33.3 Å². The molecule has 30 heteroatoms. The molecule has 498 valence electrons. The largest absolute Gasteiger partial charge is 0.493 e. The quantitative estimate of drug-likeness (QED) is 0.0131. The fourth-order valence-corrected chi connectivity index (χ4v) is 14.5. The first-order chi connectivity index (χ1) is 42.9. The highest BCUT2D eigenvalue weighted by atomic mass is 33.5. The summed E-state index contributed by atoms with van der Waals surface area (Å²) in [6, 6.07) is 1.35. The van der Waals surface area contributed by atoms with Crippen LogP contribution in [-0.2, 0) is 66.5 Å². The number of alkyl carbamates (subject to hydrolysis) is 1. The fourth-order valence-electron chi connectivity index (χ4n) is 11.2. The van der Waals surface area contributed by atoms with Crippen LogP contribution in [0.5, 0.6) is 11.5 Å². The molecular formula is C60H82N4O22S4. The molecule has 2 unspecified atom stereocenters. The molecule has 0 radical (unpaired) electrons. The number of rotatable bonds is 25. The summed E-state index contributed by atoms with van der Waals surface area (Å²) < 4.78 is 78.6. The number of nitrogens with one attached hydrogen (secondary N) is 4. The molecule has 26 nitrogen and oxygen atoms in total. The van der Waals surface area contributed by atoms with E-state index in [1.54, 1.807) is 20.1 Å². The molecule has 19 atom stereocenters. The lowest BCUT2D eigenvalue weighted by molar-refractivity contribution is -0.379. The summed E-state index contributed by atoms with van der Waals surface area (Å²) in [7, 11) is 10.8. The SMILES string of the molecule is C=C(OC)C(=O)Nc1cc(OC)c(OC)cc1C(=O)O[C@H]1CC(O[C@@H]2C(=O)C(NC(=O)OC)=C3/C(=C\CSSSC)[C@]2(O)C#C/C=C\C#C[C@@H]3O[C@]2(C)O[C@@H](C)[C@@H](NOC3C[C@H](O)[C@H](SC)[C@@H](C)O3)[C@H](O)[C@H]2O[C@H]2C[C@H](OC)[C@@H](NC(C)C)CO2)O[C@@H](C)[C@@H]1O. The second-order valence-corrected chi connectivity index (χ2v) is 27.4. The van der Waals surface area contributed by atoms with E-state index in [4.69, 9.17) is 66.4 Å². The number of anilines is 1. The molecule has 1 aromatic carbocycles. The predicted octanol–water partition coefficient (Wildman–Crippen LogP) is 3.81. The second kappa shape index (κ2) is 33.0. The standard InChI is InChI=1S/C60H82N4O22S4/c1-29(2)61-37-28-78-44(26-40(37)74-9)82-54-51(67)48(64-86-46-25-38(65)53(87-13)32(5)80-46)30(3)84-59(54,7)85-39-19-17-15-16-18-21-60(72)35(20-22-89-90-88-14)47(39)49(63-58(71)77-12)52(68)55(60)83-45-27-43(50(66)31(4)79-45)81-57(70)34-23-41(75-10)42(76-11)24-36(34)62-56(69)33(6)73-8/h15-16,20,23-24,29-32,37-40,43-46,48,50-51,53-55,61,64-67,72H,6,22,25-28H2,1-5,7-14H3,(H,62,69)(H,63,71)/b16-15-,35-20+/t30-,31-,32+,37-,38-,39-,40-,43-,44-,45?,46?,48+,50-,51-,53+,54+,55+,59-,60+/m0/s1. The average Bonchev–Trinajstić information content (AvgIpc) is 0.738. The zero-order valence-corrected chi connectivity index (χ0v) is 55.6. The summed E-state index contributed by atoms with van der Waals surface area (Å²) in [6.07, 6.45) is -10.4. The second-order valence-electron chi connectivity index (χ2n) is 22.0. The van der Waals surface area contributed by atoms with Crippen LogP contribution in [0.1, 0.15) is 71.2 Å². The third-order valence-corrected chi connectivity index (χ3v) is 20.6. The van der Waals surface area contributed by atoms with Gasteiger partial charge in [0.2, 0.25) is 5.78 Å². The molecule has 2 aliphatic carbocycles. The summed E-state index contributed by atoms with van der Waals surface area (Å²) in [5.41, 5.74) is -0.967. The van der Waals surface area contributed by atoms with E-state index in [0.29, 0.717) is 0 Å². The summed E-state index contributed by atoms with van der Waals surface area (Å²) >= 11 is 1.47. The number of allylic oxidation sites excluding steroid dienone is 2. The topological polar surface area (TPSA) is 327 Å². The van der Waals surface area contributed by atoms with E-state index in [-0.39, 0.29) is 88.3 Å². The van der Waals surface area contributed by atoms with E-state index in [9.17, 15) is 34.8 Å². The van der Waals surface area contributed by atoms with Gasteiger partial charge in [0.25, 0.3) is 5.91 Å². The van der Waals surface area contributed by atoms with Gasteiger partial charge in [-0.05, 0) is 62.2 Å². The Bertz CT molecular complexity index is 2940. The molecule has 1 aromatic rings. The molecule has 4 aliphatic heterocycles. The number of carbonyl (C=O) groups is 4. The summed E-state index contributed by atoms with van der Waals surface area (Å²) in [5.74, 6) is 6.57. The highest BCUT2D eigenvalue weighted by Gasteiger charge is 2.59. The van der Waals surface area contributed by atoms with Crippen LogP contribution in [0.15, 0.2) is 59.5 Å². The number of aliphatic hydroxyl groups is 4. The van der Waals surface area contributed by atoms with Crippen LogP contribution >= 0.6 is 43.2 Å². The van der Waals surface area contributed by atoms with Gasteiger partial charge >= 0.3 is 12.1 Å². The number of esters is 1. The molecule has 4 saturated heterocycles. The number of carbonyl (C=O) groups excluding carboxylic acids is 4. The minimum Gasteiger partial charge on any atom is -0.493 e. The number of methoxy groups -OCH3 is 5. The number of aliphatic hydroxyl groups excluding tert-OH is 3. The summed E-state index contributed by atoms with van der Waals surface area (Å²) in [6.45, 7) is 14.1. The molecule has 90 heavy (non-hydrogen) atoms. The molecule has 2 amide bonds. The number of hydroxylamine groups is 1. The predicted molar refractivity (Wildman–Crippen MR) is 334 cm³/mol. The van der Waals surface area contributed by atoms with Crippen LogP contribution in [0.3, 0.4) is 0 Å². The van der Waals surface area contributed by atoms with Crippen LogP contribution in [0.2, 0.25) is 0 Å². The fraction of sp³-hybridized carbons (Fsp3) is 0.633. The van der Waals surface area contributed by atoms with Gasteiger partial charge in [0.1, 0.15) is 30.5 Å². The highest BCUT2D eigenvalue weighted by Crippen LogP contribution is 2.46. The van der Waals surface area contributed by atoms with Gasteiger partial charge in [0, 0.05) is 61.4 Å². The number of ketones is 1. The normalized spacial score (nSPS) is 35.0. The third-order valence-electron chi connectivity index (χ3n) is 15.6. The summed E-state index contributed by atoms with van der Waals surface area (Å²) in [5, 5.41) is 57.1. The Kier molecular flexibility index (Phi) is 26.7.